The minimum atomic E-state index is -0.672. The molecule has 156 valence electrons. The summed E-state index contributed by atoms with van der Waals surface area (Å²) >= 11 is 6.15. The topological polar surface area (TPSA) is 84.9 Å². The fourth-order valence-electron chi connectivity index (χ4n) is 2.83. The molecule has 1 aliphatic heterocycles. The van der Waals surface area contributed by atoms with Crippen LogP contribution >= 0.6 is 11.6 Å². The molecular formula is C22H21ClN2O5. The summed E-state index contributed by atoms with van der Waals surface area (Å²) in [6.07, 6.45) is 1.66. The number of nitrogens with zero attached hydrogens (tertiary/aromatic N) is 1. The van der Waals surface area contributed by atoms with E-state index in [0.29, 0.717) is 18.0 Å². The van der Waals surface area contributed by atoms with Gasteiger partial charge in [0.2, 0.25) is 0 Å². The number of carbonyl (C=O) groups excluding carboxylic acids is 3. The van der Waals surface area contributed by atoms with Gasteiger partial charge < -0.3 is 14.8 Å². The minimum absolute atomic E-state index is 0.0391. The summed E-state index contributed by atoms with van der Waals surface area (Å²) in [6.45, 7) is 2.30. The van der Waals surface area contributed by atoms with Crippen LogP contribution in [0.1, 0.15) is 30.1 Å². The zero-order valence-electron chi connectivity index (χ0n) is 16.6. The second-order valence-corrected chi connectivity index (χ2v) is 6.91. The van der Waals surface area contributed by atoms with Crippen LogP contribution in [0, 0.1) is 0 Å². The van der Waals surface area contributed by atoms with Crippen molar-refractivity contribution in [1.82, 2.24) is 0 Å². The molecule has 0 bridgehead atoms. The van der Waals surface area contributed by atoms with Gasteiger partial charge in [-0.25, -0.2) is 9.69 Å². The van der Waals surface area contributed by atoms with Crippen LogP contribution in [0.25, 0.3) is 0 Å². The average Bonchev–Trinajstić information content (AvgIpc) is 2.97. The van der Waals surface area contributed by atoms with E-state index in [4.69, 9.17) is 21.1 Å². The normalized spacial score (nSPS) is 13.6. The molecule has 0 fully saturated rings. The van der Waals surface area contributed by atoms with Crippen LogP contribution in [-0.2, 0) is 14.3 Å². The first-order valence-electron chi connectivity index (χ1n) is 9.43. The first-order valence-corrected chi connectivity index (χ1v) is 9.81. The van der Waals surface area contributed by atoms with Crippen LogP contribution in [0.5, 0.6) is 5.75 Å². The monoisotopic (exact) mass is 428 g/mol. The van der Waals surface area contributed by atoms with Crippen LogP contribution in [-0.4, -0.2) is 31.5 Å². The highest BCUT2D eigenvalue weighted by molar-refractivity contribution is 6.53. The summed E-state index contributed by atoms with van der Waals surface area (Å²) in [5.41, 5.74) is 1.01. The maximum atomic E-state index is 12.9. The van der Waals surface area contributed by atoms with Crippen molar-refractivity contribution in [2.75, 3.05) is 23.9 Å². The molecule has 1 heterocycles. The first kappa shape index (κ1) is 21.4. The number of rotatable bonds is 8. The van der Waals surface area contributed by atoms with Crippen LogP contribution < -0.4 is 15.0 Å². The van der Waals surface area contributed by atoms with E-state index in [1.165, 1.54) is 6.07 Å². The number of benzene rings is 2. The molecule has 0 radical (unpaired) electrons. The van der Waals surface area contributed by atoms with Crippen molar-refractivity contribution in [2.45, 2.75) is 19.8 Å². The van der Waals surface area contributed by atoms with Gasteiger partial charge in [0.1, 0.15) is 16.5 Å². The molecule has 0 aliphatic carbocycles. The lowest BCUT2D eigenvalue weighted by atomic mass is 10.2. The Morgan fingerprint density at radius 1 is 1.10 bits per heavy atom. The van der Waals surface area contributed by atoms with E-state index in [1.807, 2.05) is 6.92 Å². The van der Waals surface area contributed by atoms with Gasteiger partial charge in [-0.3, -0.25) is 9.59 Å². The highest BCUT2D eigenvalue weighted by atomic mass is 35.5. The Bertz CT molecular complexity index is 1000. The number of nitrogens with one attached hydrogen (secondary N) is 1. The SMILES string of the molecule is CCCCOC(=O)c1cccc(N2C(=O)C(Cl)=C(Nc3ccc(OC)cc3)C2=O)c1. The van der Waals surface area contributed by atoms with Crippen molar-refractivity contribution in [3.8, 4) is 5.75 Å². The Morgan fingerprint density at radius 2 is 1.83 bits per heavy atom. The smallest absolute Gasteiger partial charge is 0.338 e. The number of esters is 1. The van der Waals surface area contributed by atoms with Crippen LogP contribution in [0.15, 0.2) is 59.3 Å². The van der Waals surface area contributed by atoms with Gasteiger partial charge >= 0.3 is 5.97 Å². The quantitative estimate of drug-likeness (QED) is 0.387. The molecule has 0 spiro atoms. The number of unbranched alkanes of at least 4 members (excludes halogenated alkanes) is 1. The molecule has 1 aliphatic rings. The highest BCUT2D eigenvalue weighted by Crippen LogP contribution is 2.31. The molecule has 2 amide bonds. The second-order valence-electron chi connectivity index (χ2n) is 6.53. The Balaban J connectivity index is 1.79. The number of ether oxygens (including phenoxy) is 2. The Labute approximate surface area is 179 Å². The summed E-state index contributed by atoms with van der Waals surface area (Å²) in [7, 11) is 1.55. The van der Waals surface area contributed by atoms with Crippen LogP contribution in [0.2, 0.25) is 0 Å². The number of hydrogen-bond acceptors (Lipinski definition) is 6. The van der Waals surface area contributed by atoms with E-state index in [2.05, 4.69) is 5.32 Å². The van der Waals surface area contributed by atoms with Crippen LogP contribution in [0.3, 0.4) is 0 Å². The lowest BCUT2D eigenvalue weighted by Crippen LogP contribution is -2.32. The number of amides is 2. The van der Waals surface area contributed by atoms with Crippen molar-refractivity contribution in [1.29, 1.82) is 0 Å². The molecule has 30 heavy (non-hydrogen) atoms. The molecule has 1 N–H and O–H groups in total. The Morgan fingerprint density at radius 3 is 2.50 bits per heavy atom. The summed E-state index contributed by atoms with van der Waals surface area (Å²) in [4.78, 5) is 38.7. The van der Waals surface area contributed by atoms with Gasteiger partial charge in [-0.05, 0) is 48.9 Å². The Hall–Kier alpha value is -3.32. The van der Waals surface area contributed by atoms with E-state index in [9.17, 15) is 14.4 Å². The van der Waals surface area contributed by atoms with E-state index >= 15 is 0 Å². The van der Waals surface area contributed by atoms with Crippen molar-refractivity contribution < 1.29 is 23.9 Å². The van der Waals surface area contributed by atoms with Gasteiger partial charge in [0.25, 0.3) is 11.8 Å². The third kappa shape index (κ3) is 4.46. The molecule has 2 aromatic rings. The third-order valence-corrected chi connectivity index (χ3v) is 4.81. The number of imide groups is 1. The van der Waals surface area contributed by atoms with Gasteiger partial charge in [0.05, 0.1) is 25.0 Å². The van der Waals surface area contributed by atoms with Gasteiger partial charge in [-0.1, -0.05) is 31.0 Å². The molecule has 0 saturated heterocycles. The molecule has 0 aromatic heterocycles. The summed E-state index contributed by atoms with van der Waals surface area (Å²) in [6, 6.07) is 13.0. The molecule has 8 heteroatoms. The number of anilines is 2. The summed E-state index contributed by atoms with van der Waals surface area (Å²) < 4.78 is 10.3. The zero-order valence-corrected chi connectivity index (χ0v) is 17.4. The van der Waals surface area contributed by atoms with E-state index in [1.54, 1.807) is 49.6 Å². The molecule has 2 aromatic carbocycles. The van der Waals surface area contributed by atoms with Crippen molar-refractivity contribution >= 4 is 40.8 Å². The lowest BCUT2D eigenvalue weighted by molar-refractivity contribution is -0.120. The fraction of sp³-hybridized carbons (Fsp3) is 0.227. The summed E-state index contributed by atoms with van der Waals surface area (Å²) in [5.74, 6) is -1.15. The fourth-order valence-corrected chi connectivity index (χ4v) is 3.04. The van der Waals surface area contributed by atoms with Gasteiger partial charge in [0.15, 0.2) is 0 Å². The maximum Gasteiger partial charge on any atom is 0.338 e. The largest absolute Gasteiger partial charge is 0.497 e. The van der Waals surface area contributed by atoms with Crippen molar-refractivity contribution in [3.63, 3.8) is 0 Å². The number of methoxy groups -OCH3 is 1. The number of carbonyl (C=O) groups is 3. The molecule has 3 rings (SSSR count). The standard InChI is InChI=1S/C22H21ClN2O5/c1-3-4-12-30-22(28)14-6-5-7-16(13-14)25-20(26)18(23)19(21(25)27)24-15-8-10-17(29-2)11-9-15/h5-11,13,24H,3-4,12H2,1-2H3. The van der Waals surface area contributed by atoms with Crippen LogP contribution in [0.4, 0.5) is 11.4 Å². The summed E-state index contributed by atoms with van der Waals surface area (Å²) in [5, 5.41) is 2.65. The van der Waals surface area contributed by atoms with E-state index < -0.39 is 17.8 Å². The molecule has 0 atom stereocenters. The second kappa shape index (κ2) is 9.45. The van der Waals surface area contributed by atoms with Gasteiger partial charge in [-0.15, -0.1) is 0 Å². The molecule has 7 nitrogen and oxygen atoms in total. The van der Waals surface area contributed by atoms with Crippen molar-refractivity contribution in [2.24, 2.45) is 0 Å². The maximum absolute atomic E-state index is 12.9. The van der Waals surface area contributed by atoms with Gasteiger partial charge in [-0.2, -0.15) is 0 Å². The van der Waals surface area contributed by atoms with E-state index in [0.717, 1.165) is 17.7 Å². The van der Waals surface area contributed by atoms with E-state index in [-0.39, 0.29) is 22.0 Å². The number of halogens is 1. The molecular weight excluding hydrogens is 408 g/mol. The minimum Gasteiger partial charge on any atom is -0.497 e. The Kier molecular flexibility index (Phi) is 6.74. The molecule has 0 unspecified atom stereocenters. The predicted molar refractivity (Wildman–Crippen MR) is 114 cm³/mol. The molecule has 0 saturated carbocycles. The first-order chi connectivity index (χ1) is 14.5. The average molecular weight is 429 g/mol. The predicted octanol–water partition coefficient (Wildman–Crippen LogP) is 4.09. The highest BCUT2D eigenvalue weighted by Gasteiger charge is 2.39. The van der Waals surface area contributed by atoms with Gasteiger partial charge in [0, 0.05) is 5.69 Å². The number of hydrogen-bond donors (Lipinski definition) is 1. The lowest BCUT2D eigenvalue weighted by Gasteiger charge is -2.16. The third-order valence-electron chi connectivity index (χ3n) is 4.46. The van der Waals surface area contributed by atoms with Crippen molar-refractivity contribution in [3.05, 3.63) is 64.8 Å². The zero-order chi connectivity index (χ0) is 21.7.